The molecule has 2 rings (SSSR count). The van der Waals surface area contributed by atoms with E-state index in [4.69, 9.17) is 23.2 Å². The van der Waals surface area contributed by atoms with Crippen molar-refractivity contribution in [1.82, 2.24) is 10.0 Å². The highest BCUT2D eigenvalue weighted by Crippen LogP contribution is 2.23. The van der Waals surface area contributed by atoms with E-state index >= 15 is 0 Å². The normalized spacial score (nSPS) is 11.0. The zero-order chi connectivity index (χ0) is 20.7. The fraction of sp³-hybridized carbons (Fsp3) is 0.222. The van der Waals surface area contributed by atoms with E-state index in [0.717, 1.165) is 12.8 Å². The molecule has 2 aromatic carbocycles. The van der Waals surface area contributed by atoms with E-state index in [2.05, 4.69) is 10.6 Å². The van der Waals surface area contributed by atoms with E-state index in [1.165, 1.54) is 42.5 Å². The molecule has 0 saturated carbocycles. The van der Waals surface area contributed by atoms with Gasteiger partial charge >= 0.3 is 6.03 Å². The lowest BCUT2D eigenvalue weighted by Crippen LogP contribution is -2.39. The van der Waals surface area contributed by atoms with Crippen LogP contribution in [0.25, 0.3) is 0 Å². The van der Waals surface area contributed by atoms with E-state index in [1.54, 1.807) is 0 Å². The summed E-state index contributed by atoms with van der Waals surface area (Å²) in [7, 11) is -4.01. The third-order valence-corrected chi connectivity index (χ3v) is 5.73. The molecule has 0 aliphatic heterocycles. The lowest BCUT2D eigenvalue weighted by Gasteiger charge is -2.10. The summed E-state index contributed by atoms with van der Waals surface area (Å²) < 4.78 is 26.4. The van der Waals surface area contributed by atoms with Crippen molar-refractivity contribution in [1.29, 1.82) is 0 Å². The lowest BCUT2D eigenvalue weighted by atomic mass is 10.2. The van der Waals surface area contributed by atoms with E-state index in [-0.39, 0.29) is 9.92 Å². The number of hydrogen-bond donors (Lipinski definition) is 3. The summed E-state index contributed by atoms with van der Waals surface area (Å²) in [4.78, 5) is 23.8. The summed E-state index contributed by atoms with van der Waals surface area (Å²) in [6.07, 6.45) is 1.63. The summed E-state index contributed by atoms with van der Waals surface area (Å²) in [6, 6.07) is 9.07. The van der Waals surface area contributed by atoms with Crippen LogP contribution < -0.4 is 15.4 Å². The molecule has 3 N–H and O–H groups in total. The number of benzene rings is 2. The molecule has 0 saturated heterocycles. The van der Waals surface area contributed by atoms with Crippen LogP contribution >= 0.6 is 23.2 Å². The molecule has 28 heavy (non-hydrogen) atoms. The van der Waals surface area contributed by atoms with Crippen LogP contribution in [0.4, 0.5) is 10.5 Å². The smallest absolute Gasteiger partial charge is 0.328 e. The summed E-state index contributed by atoms with van der Waals surface area (Å²) in [6.45, 7) is 2.34. The summed E-state index contributed by atoms with van der Waals surface area (Å²) in [5, 5.41) is 5.67. The number of urea groups is 1. The molecule has 3 amide bonds. The first kappa shape index (κ1) is 22.0. The van der Waals surface area contributed by atoms with Crippen molar-refractivity contribution in [3.05, 3.63) is 58.1 Å². The molecule has 0 fully saturated rings. The fourth-order valence-electron chi connectivity index (χ4n) is 2.15. The number of amides is 3. The number of rotatable bonds is 7. The molecule has 0 atom stereocenters. The van der Waals surface area contributed by atoms with Gasteiger partial charge in [0.15, 0.2) is 0 Å². The van der Waals surface area contributed by atoms with Crippen LogP contribution in [0.1, 0.15) is 30.1 Å². The second-order valence-electron chi connectivity index (χ2n) is 5.82. The number of sulfonamides is 1. The molecule has 0 aliphatic rings. The van der Waals surface area contributed by atoms with Gasteiger partial charge in [-0.1, -0.05) is 36.5 Å². The van der Waals surface area contributed by atoms with Crippen LogP contribution in [0, 0.1) is 0 Å². The average molecular weight is 444 g/mol. The SMILES string of the molecule is CCCCNC(=O)NS(=O)(=O)c1ccc(NC(=O)c2ccc(Cl)c(Cl)c2)cc1. The van der Waals surface area contributed by atoms with Gasteiger partial charge in [0.25, 0.3) is 15.9 Å². The number of carbonyl (C=O) groups excluding carboxylic acids is 2. The van der Waals surface area contributed by atoms with Crippen LogP contribution in [0.5, 0.6) is 0 Å². The van der Waals surface area contributed by atoms with E-state index in [1.807, 2.05) is 11.6 Å². The highest BCUT2D eigenvalue weighted by molar-refractivity contribution is 7.90. The number of unbranched alkanes of at least 4 members (excludes halogenated alkanes) is 1. The molecular weight excluding hydrogens is 425 g/mol. The Morgan fingerprint density at radius 2 is 1.68 bits per heavy atom. The van der Waals surface area contributed by atoms with Gasteiger partial charge in [0, 0.05) is 17.8 Å². The molecule has 0 aromatic heterocycles. The van der Waals surface area contributed by atoms with E-state index in [9.17, 15) is 18.0 Å². The number of nitrogens with one attached hydrogen (secondary N) is 3. The predicted molar refractivity (Wildman–Crippen MR) is 109 cm³/mol. The average Bonchev–Trinajstić information content (AvgIpc) is 2.64. The van der Waals surface area contributed by atoms with Crippen molar-refractivity contribution >= 4 is 50.9 Å². The summed E-state index contributed by atoms with van der Waals surface area (Å²) >= 11 is 11.7. The van der Waals surface area contributed by atoms with Gasteiger partial charge in [0.2, 0.25) is 0 Å². The maximum absolute atomic E-state index is 12.2. The minimum Gasteiger partial charge on any atom is -0.337 e. The molecular formula is C18H19Cl2N3O4S. The van der Waals surface area contributed by atoms with Gasteiger partial charge in [-0.2, -0.15) is 0 Å². The van der Waals surface area contributed by atoms with Crippen molar-refractivity contribution in [2.24, 2.45) is 0 Å². The number of anilines is 1. The van der Waals surface area contributed by atoms with Crippen LogP contribution in [0.15, 0.2) is 47.4 Å². The van der Waals surface area contributed by atoms with Gasteiger partial charge in [-0.25, -0.2) is 17.9 Å². The highest BCUT2D eigenvalue weighted by Gasteiger charge is 2.17. The van der Waals surface area contributed by atoms with Crippen LogP contribution in [-0.2, 0) is 10.0 Å². The molecule has 2 aromatic rings. The third kappa shape index (κ3) is 6.12. The second kappa shape index (κ2) is 9.77. The Kier molecular flexibility index (Phi) is 7.68. The van der Waals surface area contributed by atoms with Crippen molar-refractivity contribution in [3.63, 3.8) is 0 Å². The van der Waals surface area contributed by atoms with E-state index in [0.29, 0.717) is 22.8 Å². The Labute approximate surface area is 173 Å². The Morgan fingerprint density at radius 1 is 1.00 bits per heavy atom. The monoisotopic (exact) mass is 443 g/mol. The fourth-order valence-corrected chi connectivity index (χ4v) is 3.38. The summed E-state index contributed by atoms with van der Waals surface area (Å²) in [5.74, 6) is -0.428. The molecule has 0 heterocycles. The molecule has 0 unspecified atom stereocenters. The lowest BCUT2D eigenvalue weighted by molar-refractivity contribution is 0.102. The summed E-state index contributed by atoms with van der Waals surface area (Å²) in [5.41, 5.74) is 0.680. The maximum atomic E-state index is 12.2. The van der Waals surface area contributed by atoms with Crippen molar-refractivity contribution in [3.8, 4) is 0 Å². The molecule has 7 nitrogen and oxygen atoms in total. The Morgan fingerprint density at radius 3 is 2.29 bits per heavy atom. The first-order chi connectivity index (χ1) is 13.2. The molecule has 150 valence electrons. The van der Waals surface area contributed by atoms with Gasteiger partial charge in [-0.05, 0) is 48.9 Å². The third-order valence-electron chi connectivity index (χ3n) is 3.65. The highest BCUT2D eigenvalue weighted by atomic mass is 35.5. The van der Waals surface area contributed by atoms with Gasteiger partial charge in [-0.3, -0.25) is 4.79 Å². The molecule has 0 bridgehead atoms. The first-order valence-electron chi connectivity index (χ1n) is 8.40. The Hall–Kier alpha value is -2.29. The maximum Gasteiger partial charge on any atom is 0.328 e. The Bertz CT molecular complexity index is 963. The standard InChI is InChI=1S/C18H19Cl2N3O4S/c1-2-3-10-21-18(25)23-28(26,27)14-7-5-13(6-8-14)22-17(24)12-4-9-15(19)16(20)11-12/h4-9,11H,2-3,10H2,1H3,(H,22,24)(H2,21,23,25). The zero-order valence-electron chi connectivity index (χ0n) is 15.0. The van der Waals surface area contributed by atoms with Crippen molar-refractivity contribution in [2.75, 3.05) is 11.9 Å². The second-order valence-corrected chi connectivity index (χ2v) is 8.32. The molecule has 0 radical (unpaired) electrons. The first-order valence-corrected chi connectivity index (χ1v) is 10.6. The van der Waals surface area contributed by atoms with Gasteiger partial charge < -0.3 is 10.6 Å². The van der Waals surface area contributed by atoms with Crippen molar-refractivity contribution in [2.45, 2.75) is 24.7 Å². The number of hydrogen-bond acceptors (Lipinski definition) is 4. The largest absolute Gasteiger partial charge is 0.337 e. The Balaban J connectivity index is 2.02. The van der Waals surface area contributed by atoms with Gasteiger partial charge in [0.1, 0.15) is 0 Å². The van der Waals surface area contributed by atoms with Crippen molar-refractivity contribution < 1.29 is 18.0 Å². The van der Waals surface area contributed by atoms with Crippen LogP contribution in [0.2, 0.25) is 10.0 Å². The minimum absolute atomic E-state index is 0.106. The molecule has 0 aliphatic carbocycles. The predicted octanol–water partition coefficient (Wildman–Crippen LogP) is 4.03. The molecule has 10 heteroatoms. The quantitative estimate of drug-likeness (QED) is 0.561. The van der Waals surface area contributed by atoms with Gasteiger partial charge in [0.05, 0.1) is 14.9 Å². The zero-order valence-corrected chi connectivity index (χ0v) is 17.3. The minimum atomic E-state index is -4.01. The van der Waals surface area contributed by atoms with Crippen LogP contribution in [0.3, 0.4) is 0 Å². The topological polar surface area (TPSA) is 104 Å². The van der Waals surface area contributed by atoms with E-state index < -0.39 is 22.0 Å². The van der Waals surface area contributed by atoms with Gasteiger partial charge in [-0.15, -0.1) is 0 Å². The number of halogens is 2. The molecule has 0 spiro atoms. The number of carbonyl (C=O) groups is 2. The van der Waals surface area contributed by atoms with Crippen LogP contribution in [-0.4, -0.2) is 26.9 Å².